The van der Waals surface area contributed by atoms with Crippen molar-refractivity contribution in [1.29, 1.82) is 0 Å². The molecule has 1 rings (SSSR count). The summed E-state index contributed by atoms with van der Waals surface area (Å²) < 4.78 is 0. The SMILES string of the molecule is CC.CCNC1=CCCC=C1. The number of allylic oxidation sites excluding steroid dienone is 3. The van der Waals surface area contributed by atoms with E-state index in [0.717, 1.165) is 6.54 Å². The molecular weight excluding hydrogens is 134 g/mol. The van der Waals surface area contributed by atoms with Crippen molar-refractivity contribution >= 4 is 0 Å². The Morgan fingerprint density at radius 3 is 2.55 bits per heavy atom. The van der Waals surface area contributed by atoms with E-state index in [9.17, 15) is 0 Å². The van der Waals surface area contributed by atoms with Crippen molar-refractivity contribution < 1.29 is 0 Å². The molecule has 0 heterocycles. The average molecular weight is 153 g/mol. The summed E-state index contributed by atoms with van der Waals surface area (Å²) in [6.07, 6.45) is 8.99. The zero-order valence-electron chi connectivity index (χ0n) is 7.85. The molecule has 1 nitrogen and oxygen atoms in total. The molecule has 1 heteroatoms. The lowest BCUT2D eigenvalue weighted by Gasteiger charge is -2.06. The summed E-state index contributed by atoms with van der Waals surface area (Å²) in [5, 5.41) is 3.26. The fraction of sp³-hybridized carbons (Fsp3) is 0.600. The molecule has 0 saturated carbocycles. The minimum Gasteiger partial charge on any atom is -0.386 e. The molecule has 11 heavy (non-hydrogen) atoms. The van der Waals surface area contributed by atoms with Gasteiger partial charge in [-0.15, -0.1) is 0 Å². The van der Waals surface area contributed by atoms with E-state index >= 15 is 0 Å². The van der Waals surface area contributed by atoms with Gasteiger partial charge in [-0.25, -0.2) is 0 Å². The van der Waals surface area contributed by atoms with E-state index in [4.69, 9.17) is 0 Å². The molecule has 1 N–H and O–H groups in total. The van der Waals surface area contributed by atoms with Gasteiger partial charge in [-0.2, -0.15) is 0 Å². The lowest BCUT2D eigenvalue weighted by atomic mass is 10.1. The molecule has 1 aliphatic rings. The molecule has 0 atom stereocenters. The number of rotatable bonds is 2. The van der Waals surface area contributed by atoms with E-state index in [2.05, 4.69) is 30.5 Å². The van der Waals surface area contributed by atoms with Crippen LogP contribution in [-0.4, -0.2) is 6.54 Å². The van der Waals surface area contributed by atoms with Gasteiger partial charge >= 0.3 is 0 Å². The fourth-order valence-corrected chi connectivity index (χ4v) is 0.949. The second-order valence-electron chi connectivity index (χ2n) is 2.17. The molecule has 0 bridgehead atoms. The van der Waals surface area contributed by atoms with Gasteiger partial charge in [0.1, 0.15) is 0 Å². The van der Waals surface area contributed by atoms with Crippen molar-refractivity contribution in [1.82, 2.24) is 5.32 Å². The zero-order chi connectivity index (χ0) is 8.53. The molecule has 0 fully saturated rings. The van der Waals surface area contributed by atoms with Crippen LogP contribution in [0.2, 0.25) is 0 Å². The maximum Gasteiger partial charge on any atom is 0.0296 e. The summed E-state index contributed by atoms with van der Waals surface area (Å²) in [5.74, 6) is 0. The lowest BCUT2D eigenvalue weighted by Crippen LogP contribution is -2.11. The van der Waals surface area contributed by atoms with Crippen LogP contribution in [0.1, 0.15) is 33.6 Å². The van der Waals surface area contributed by atoms with Crippen LogP contribution in [0.5, 0.6) is 0 Å². The largest absolute Gasteiger partial charge is 0.386 e. The Hall–Kier alpha value is -0.720. The molecule has 0 aromatic carbocycles. The Balaban J connectivity index is 0.000000461. The van der Waals surface area contributed by atoms with Crippen molar-refractivity contribution in [2.75, 3.05) is 6.54 Å². The Morgan fingerprint density at radius 1 is 1.36 bits per heavy atom. The number of nitrogens with one attached hydrogen (secondary N) is 1. The van der Waals surface area contributed by atoms with E-state index in [1.54, 1.807) is 0 Å². The van der Waals surface area contributed by atoms with Gasteiger partial charge in [-0.1, -0.05) is 26.0 Å². The molecule has 0 unspecified atom stereocenters. The summed E-state index contributed by atoms with van der Waals surface area (Å²) in [4.78, 5) is 0. The first-order chi connectivity index (χ1) is 5.43. The maximum absolute atomic E-state index is 3.26. The highest BCUT2D eigenvalue weighted by atomic mass is 14.9. The van der Waals surface area contributed by atoms with Crippen molar-refractivity contribution in [2.45, 2.75) is 33.6 Å². The van der Waals surface area contributed by atoms with Crippen LogP contribution in [0, 0.1) is 0 Å². The predicted octanol–water partition coefficient (Wildman–Crippen LogP) is 2.86. The molecule has 0 radical (unpaired) electrons. The van der Waals surface area contributed by atoms with E-state index < -0.39 is 0 Å². The van der Waals surface area contributed by atoms with Gasteiger partial charge in [-0.3, -0.25) is 0 Å². The molecule has 64 valence electrons. The molecule has 0 aromatic rings. The Labute approximate surface area is 70.2 Å². The topological polar surface area (TPSA) is 12.0 Å². The average Bonchev–Trinajstić information content (AvgIpc) is 2.11. The highest BCUT2D eigenvalue weighted by Crippen LogP contribution is 2.05. The van der Waals surface area contributed by atoms with E-state index in [1.165, 1.54) is 18.5 Å². The lowest BCUT2D eigenvalue weighted by molar-refractivity contribution is 0.850. The summed E-state index contributed by atoms with van der Waals surface area (Å²) in [5.41, 5.74) is 1.28. The third-order valence-electron chi connectivity index (χ3n) is 1.38. The third kappa shape index (κ3) is 4.65. The second-order valence-corrected chi connectivity index (χ2v) is 2.17. The quantitative estimate of drug-likeness (QED) is 0.643. The highest BCUT2D eigenvalue weighted by molar-refractivity contribution is 5.19. The summed E-state index contributed by atoms with van der Waals surface area (Å²) in [6, 6.07) is 0. The van der Waals surface area contributed by atoms with Crippen LogP contribution in [-0.2, 0) is 0 Å². The first-order valence-electron chi connectivity index (χ1n) is 4.54. The van der Waals surface area contributed by atoms with Gasteiger partial charge in [0, 0.05) is 12.2 Å². The number of hydrogen-bond donors (Lipinski definition) is 1. The summed E-state index contributed by atoms with van der Waals surface area (Å²) >= 11 is 0. The number of likely N-dealkylation sites (N-methyl/N-ethyl adjacent to an activating group) is 1. The van der Waals surface area contributed by atoms with Gasteiger partial charge in [0.15, 0.2) is 0 Å². The van der Waals surface area contributed by atoms with Crippen LogP contribution in [0.25, 0.3) is 0 Å². The van der Waals surface area contributed by atoms with E-state index in [0.29, 0.717) is 0 Å². The fourth-order valence-electron chi connectivity index (χ4n) is 0.949. The second kappa shape index (κ2) is 7.39. The number of hydrogen-bond acceptors (Lipinski definition) is 1. The van der Waals surface area contributed by atoms with Crippen molar-refractivity contribution in [2.24, 2.45) is 0 Å². The zero-order valence-corrected chi connectivity index (χ0v) is 7.85. The first-order valence-corrected chi connectivity index (χ1v) is 4.54. The molecule has 0 saturated heterocycles. The highest BCUT2D eigenvalue weighted by Gasteiger charge is 1.92. The smallest absolute Gasteiger partial charge is 0.0296 e. The normalized spacial score (nSPS) is 14.6. The standard InChI is InChI=1S/C8H13N.C2H6/c1-2-9-8-6-4-3-5-7-8;1-2/h4,6-7,9H,2-3,5H2,1H3;1-2H3. The predicted molar refractivity (Wildman–Crippen MR) is 51.5 cm³/mol. The Bertz CT molecular complexity index is 134. The molecule has 0 spiro atoms. The molecule has 1 aliphatic carbocycles. The van der Waals surface area contributed by atoms with Crippen molar-refractivity contribution in [3.05, 3.63) is 23.9 Å². The minimum atomic E-state index is 1.02. The first kappa shape index (κ1) is 10.3. The third-order valence-corrected chi connectivity index (χ3v) is 1.38. The van der Waals surface area contributed by atoms with Crippen molar-refractivity contribution in [3.63, 3.8) is 0 Å². The van der Waals surface area contributed by atoms with Gasteiger partial charge in [0.05, 0.1) is 0 Å². The van der Waals surface area contributed by atoms with Crippen LogP contribution in [0.3, 0.4) is 0 Å². The van der Waals surface area contributed by atoms with Gasteiger partial charge in [-0.05, 0) is 25.8 Å². The minimum absolute atomic E-state index is 1.02. The van der Waals surface area contributed by atoms with Crippen LogP contribution in [0.4, 0.5) is 0 Å². The Morgan fingerprint density at radius 2 is 2.09 bits per heavy atom. The van der Waals surface area contributed by atoms with Gasteiger partial charge < -0.3 is 5.32 Å². The van der Waals surface area contributed by atoms with Crippen LogP contribution < -0.4 is 5.32 Å². The summed E-state index contributed by atoms with van der Waals surface area (Å²) in [7, 11) is 0. The molecule has 0 aromatic heterocycles. The Kier molecular flexibility index (Phi) is 6.90. The van der Waals surface area contributed by atoms with Gasteiger partial charge in [0.25, 0.3) is 0 Å². The van der Waals surface area contributed by atoms with Crippen molar-refractivity contribution in [3.8, 4) is 0 Å². The monoisotopic (exact) mass is 153 g/mol. The maximum atomic E-state index is 3.26. The van der Waals surface area contributed by atoms with E-state index in [-0.39, 0.29) is 0 Å². The molecule has 0 amide bonds. The van der Waals surface area contributed by atoms with Crippen LogP contribution in [0.15, 0.2) is 23.9 Å². The summed E-state index contributed by atoms with van der Waals surface area (Å²) in [6.45, 7) is 7.14. The van der Waals surface area contributed by atoms with E-state index in [1.807, 2.05) is 13.8 Å². The molecule has 0 aliphatic heterocycles. The molecular formula is C10H19N. The van der Waals surface area contributed by atoms with Gasteiger partial charge in [0.2, 0.25) is 0 Å². The van der Waals surface area contributed by atoms with Crippen LogP contribution >= 0.6 is 0 Å².